The lowest BCUT2D eigenvalue weighted by atomic mass is 10.3. The van der Waals surface area contributed by atoms with Crippen molar-refractivity contribution in [1.82, 2.24) is 10.3 Å². The van der Waals surface area contributed by atoms with Crippen LogP contribution in [0.25, 0.3) is 0 Å². The Morgan fingerprint density at radius 1 is 1.47 bits per heavy atom. The first-order valence-corrected chi connectivity index (χ1v) is 6.26. The van der Waals surface area contributed by atoms with Gasteiger partial charge in [0, 0.05) is 28.1 Å². The highest BCUT2D eigenvalue weighted by atomic mass is 79.9. The third-order valence-electron chi connectivity index (χ3n) is 1.85. The van der Waals surface area contributed by atoms with Crippen molar-refractivity contribution >= 4 is 31.9 Å². The second kappa shape index (κ2) is 7.00. The Morgan fingerprint density at radius 3 is 2.93 bits per heavy atom. The number of unbranched alkanes of at least 4 members (excludes halogenated alkanes) is 1. The maximum atomic E-state index is 5.16. The van der Waals surface area contributed by atoms with Gasteiger partial charge in [0.05, 0.1) is 5.69 Å². The number of hydrogen-bond donors (Lipinski definition) is 1. The largest absolute Gasteiger partial charge is 0.311 e. The van der Waals surface area contributed by atoms with E-state index in [1.54, 1.807) is 6.20 Å². The zero-order chi connectivity index (χ0) is 11.1. The van der Waals surface area contributed by atoms with E-state index in [0.29, 0.717) is 0 Å². The topological polar surface area (TPSA) is 24.9 Å². The Hall–Kier alpha value is -0.370. The summed E-state index contributed by atoms with van der Waals surface area (Å²) in [5, 5.41) is 3.29. The van der Waals surface area contributed by atoms with Crippen LogP contribution in [0, 0.1) is 12.3 Å². The molecule has 0 spiro atoms. The fourth-order valence-corrected chi connectivity index (χ4v) is 2.22. The molecule has 1 aromatic rings. The summed E-state index contributed by atoms with van der Waals surface area (Å²) in [5.74, 6) is 2.61. The minimum atomic E-state index is 0.762. The molecule has 0 saturated carbocycles. The number of rotatable bonds is 5. The molecule has 1 heterocycles. The van der Waals surface area contributed by atoms with E-state index in [4.69, 9.17) is 6.42 Å². The van der Waals surface area contributed by atoms with Crippen LogP contribution in [0.4, 0.5) is 0 Å². The molecule has 15 heavy (non-hydrogen) atoms. The predicted molar refractivity (Wildman–Crippen MR) is 69.4 cm³/mol. The summed E-state index contributed by atoms with van der Waals surface area (Å²) in [5.41, 5.74) is 1.01. The minimum Gasteiger partial charge on any atom is -0.311 e. The average Bonchev–Trinajstić information content (AvgIpc) is 2.20. The number of nitrogens with zero attached hydrogens (tertiary/aromatic N) is 1. The molecule has 4 heteroatoms. The van der Waals surface area contributed by atoms with Gasteiger partial charge in [-0.2, -0.15) is 0 Å². The van der Waals surface area contributed by atoms with Gasteiger partial charge in [-0.1, -0.05) is 0 Å². The van der Waals surface area contributed by atoms with Gasteiger partial charge in [0.15, 0.2) is 0 Å². The van der Waals surface area contributed by atoms with Crippen molar-refractivity contribution in [1.29, 1.82) is 0 Å². The van der Waals surface area contributed by atoms with Gasteiger partial charge in [-0.3, -0.25) is 4.98 Å². The second-order valence-corrected chi connectivity index (χ2v) is 4.84. The third-order valence-corrected chi connectivity index (χ3v) is 2.97. The Bertz CT molecular complexity index is 358. The lowest BCUT2D eigenvalue weighted by molar-refractivity contribution is 0.647. The zero-order valence-electron chi connectivity index (χ0n) is 8.26. The first-order valence-electron chi connectivity index (χ1n) is 4.68. The lowest BCUT2D eigenvalue weighted by Crippen LogP contribution is -2.15. The highest BCUT2D eigenvalue weighted by Gasteiger charge is 2.01. The van der Waals surface area contributed by atoms with Gasteiger partial charge < -0.3 is 5.32 Å². The van der Waals surface area contributed by atoms with E-state index in [2.05, 4.69) is 48.1 Å². The van der Waals surface area contributed by atoms with Crippen LogP contribution in [0.3, 0.4) is 0 Å². The van der Waals surface area contributed by atoms with E-state index in [-0.39, 0.29) is 0 Å². The van der Waals surface area contributed by atoms with Crippen molar-refractivity contribution < 1.29 is 0 Å². The highest BCUT2D eigenvalue weighted by molar-refractivity contribution is 9.11. The molecule has 0 amide bonds. The smallest absolute Gasteiger partial charge is 0.0684 e. The van der Waals surface area contributed by atoms with Crippen LogP contribution in [0.1, 0.15) is 18.5 Å². The van der Waals surface area contributed by atoms with Crippen LogP contribution >= 0.6 is 31.9 Å². The summed E-state index contributed by atoms with van der Waals surface area (Å²) in [6.07, 6.45) is 8.78. The molecule has 0 unspecified atom stereocenters. The summed E-state index contributed by atoms with van der Waals surface area (Å²) in [7, 11) is 0. The van der Waals surface area contributed by atoms with Gasteiger partial charge >= 0.3 is 0 Å². The molecular weight excluding hydrogens is 320 g/mol. The van der Waals surface area contributed by atoms with E-state index >= 15 is 0 Å². The quantitative estimate of drug-likeness (QED) is 0.662. The van der Waals surface area contributed by atoms with Crippen LogP contribution in [0.5, 0.6) is 0 Å². The Morgan fingerprint density at radius 2 is 2.27 bits per heavy atom. The molecule has 0 aliphatic heterocycles. The Labute approximate surface area is 107 Å². The van der Waals surface area contributed by atoms with E-state index in [1.165, 1.54) is 0 Å². The molecule has 2 nitrogen and oxygen atoms in total. The summed E-state index contributed by atoms with van der Waals surface area (Å²) >= 11 is 6.83. The molecule has 0 bridgehead atoms. The van der Waals surface area contributed by atoms with E-state index in [9.17, 15) is 0 Å². The van der Waals surface area contributed by atoms with Crippen molar-refractivity contribution in [2.45, 2.75) is 19.4 Å². The molecule has 80 valence electrons. The Balaban J connectivity index is 2.35. The molecule has 0 aliphatic carbocycles. The first kappa shape index (κ1) is 12.7. The fraction of sp³-hybridized carbons (Fsp3) is 0.364. The number of aromatic nitrogens is 1. The molecule has 0 aromatic carbocycles. The van der Waals surface area contributed by atoms with E-state index in [0.717, 1.165) is 40.6 Å². The van der Waals surface area contributed by atoms with Crippen molar-refractivity contribution in [3.63, 3.8) is 0 Å². The van der Waals surface area contributed by atoms with Crippen LogP contribution < -0.4 is 5.32 Å². The van der Waals surface area contributed by atoms with Gasteiger partial charge in [-0.15, -0.1) is 12.3 Å². The number of hydrogen-bond acceptors (Lipinski definition) is 2. The van der Waals surface area contributed by atoms with Crippen LogP contribution in [-0.2, 0) is 6.54 Å². The average molecular weight is 332 g/mol. The highest BCUT2D eigenvalue weighted by Crippen LogP contribution is 2.19. The van der Waals surface area contributed by atoms with Gasteiger partial charge in [0.25, 0.3) is 0 Å². The Kier molecular flexibility index (Phi) is 5.92. The summed E-state index contributed by atoms with van der Waals surface area (Å²) in [4.78, 5) is 4.30. The summed E-state index contributed by atoms with van der Waals surface area (Å²) in [6, 6.07) is 1.99. The zero-order valence-corrected chi connectivity index (χ0v) is 11.4. The molecule has 1 N–H and O–H groups in total. The predicted octanol–water partition coefficient (Wildman–Crippen LogP) is 3.11. The third kappa shape index (κ3) is 4.78. The van der Waals surface area contributed by atoms with Crippen LogP contribution in [0.2, 0.25) is 0 Å². The molecule has 1 rings (SSSR count). The standard InChI is InChI=1S/C11H12Br2N2/c1-2-3-4-5-14-8-11-10(13)6-9(12)7-15-11/h1,6-7,14H,3-5,8H2. The molecule has 0 atom stereocenters. The molecule has 0 fully saturated rings. The maximum absolute atomic E-state index is 5.16. The molecule has 0 radical (unpaired) electrons. The monoisotopic (exact) mass is 330 g/mol. The maximum Gasteiger partial charge on any atom is 0.0684 e. The molecule has 1 aromatic heterocycles. The normalized spacial score (nSPS) is 9.93. The SMILES string of the molecule is C#CCCCNCc1ncc(Br)cc1Br. The van der Waals surface area contributed by atoms with Crippen molar-refractivity contribution in [3.05, 3.63) is 26.9 Å². The number of nitrogens with one attached hydrogen (secondary N) is 1. The first-order chi connectivity index (χ1) is 7.24. The van der Waals surface area contributed by atoms with Gasteiger partial charge in [0.2, 0.25) is 0 Å². The number of pyridine rings is 1. The molecular formula is C11H12Br2N2. The van der Waals surface area contributed by atoms with E-state index in [1.807, 2.05) is 6.07 Å². The lowest BCUT2D eigenvalue weighted by Gasteiger charge is -2.05. The van der Waals surface area contributed by atoms with Crippen LogP contribution in [-0.4, -0.2) is 11.5 Å². The molecule has 0 saturated heterocycles. The molecule has 0 aliphatic rings. The van der Waals surface area contributed by atoms with Gasteiger partial charge in [0.1, 0.15) is 0 Å². The van der Waals surface area contributed by atoms with Crippen molar-refractivity contribution in [2.75, 3.05) is 6.54 Å². The van der Waals surface area contributed by atoms with Crippen molar-refractivity contribution in [2.24, 2.45) is 0 Å². The number of terminal acetylenes is 1. The number of halogens is 2. The van der Waals surface area contributed by atoms with Crippen molar-refractivity contribution in [3.8, 4) is 12.3 Å². The minimum absolute atomic E-state index is 0.762. The van der Waals surface area contributed by atoms with Crippen LogP contribution in [0.15, 0.2) is 21.2 Å². The summed E-state index contributed by atoms with van der Waals surface area (Å²) in [6.45, 7) is 1.69. The van der Waals surface area contributed by atoms with Gasteiger partial charge in [-0.25, -0.2) is 0 Å². The van der Waals surface area contributed by atoms with E-state index < -0.39 is 0 Å². The second-order valence-electron chi connectivity index (χ2n) is 3.07. The van der Waals surface area contributed by atoms with Gasteiger partial charge in [-0.05, 0) is 50.9 Å². The fourth-order valence-electron chi connectivity index (χ4n) is 1.10. The summed E-state index contributed by atoms with van der Waals surface area (Å²) < 4.78 is 1.99.